The summed E-state index contributed by atoms with van der Waals surface area (Å²) < 4.78 is 17.6. The summed E-state index contributed by atoms with van der Waals surface area (Å²) in [6.07, 6.45) is 52.9. The first-order valence-electron chi connectivity index (χ1n) is 31.4. The zero-order valence-electron chi connectivity index (χ0n) is 48.4. The second-order valence-corrected chi connectivity index (χ2v) is 21.8. The lowest BCUT2D eigenvalue weighted by atomic mass is 9.99. The van der Waals surface area contributed by atoms with Crippen molar-refractivity contribution in [3.63, 3.8) is 0 Å². The van der Waals surface area contributed by atoms with Gasteiger partial charge in [-0.2, -0.15) is 0 Å². The van der Waals surface area contributed by atoms with Crippen LogP contribution in [0.2, 0.25) is 0 Å². The van der Waals surface area contributed by atoms with Crippen molar-refractivity contribution >= 4 is 11.9 Å². The van der Waals surface area contributed by atoms with Gasteiger partial charge >= 0.3 is 5.97 Å². The Labute approximate surface area is 459 Å². The average molecular weight is 1060 g/mol. The minimum Gasteiger partial charge on any atom is -0.454 e. The van der Waals surface area contributed by atoms with E-state index in [1.807, 2.05) is 6.08 Å². The first-order valence-corrected chi connectivity index (χ1v) is 31.4. The van der Waals surface area contributed by atoms with Crippen molar-refractivity contribution in [2.24, 2.45) is 0 Å². The van der Waals surface area contributed by atoms with Gasteiger partial charge in [-0.25, -0.2) is 0 Å². The molecule has 0 aliphatic carbocycles. The molecular formula is C64H117NO10. The van der Waals surface area contributed by atoms with Gasteiger partial charge in [-0.3, -0.25) is 9.59 Å². The number of carbonyl (C=O) groups excluding carboxylic acids is 2. The van der Waals surface area contributed by atoms with Crippen molar-refractivity contribution in [3.05, 3.63) is 48.6 Å². The van der Waals surface area contributed by atoms with Crippen molar-refractivity contribution < 1.29 is 49.3 Å². The minimum absolute atomic E-state index is 0.115. The molecule has 0 bridgehead atoms. The fourth-order valence-electron chi connectivity index (χ4n) is 9.74. The molecule has 8 unspecified atom stereocenters. The molecule has 1 aliphatic rings. The van der Waals surface area contributed by atoms with E-state index in [0.717, 1.165) is 83.5 Å². The predicted octanol–water partition coefficient (Wildman–Crippen LogP) is 14.8. The fourth-order valence-corrected chi connectivity index (χ4v) is 9.74. The summed E-state index contributed by atoms with van der Waals surface area (Å²) in [5, 5.41) is 57.0. The van der Waals surface area contributed by atoms with Gasteiger partial charge in [0.15, 0.2) is 12.4 Å². The minimum atomic E-state index is -1.62. The molecule has 75 heavy (non-hydrogen) atoms. The number of aliphatic hydroxyl groups excluding tert-OH is 5. The first-order chi connectivity index (χ1) is 36.7. The van der Waals surface area contributed by atoms with Crippen LogP contribution in [0, 0.1) is 0 Å². The largest absolute Gasteiger partial charge is 0.454 e. The van der Waals surface area contributed by atoms with E-state index in [-0.39, 0.29) is 13.0 Å². The topological polar surface area (TPSA) is 175 Å². The normalized spacial score (nSPS) is 19.5. The van der Waals surface area contributed by atoms with E-state index >= 15 is 0 Å². The lowest BCUT2D eigenvalue weighted by Crippen LogP contribution is -2.61. The van der Waals surface area contributed by atoms with E-state index in [4.69, 9.17) is 14.2 Å². The van der Waals surface area contributed by atoms with Crippen LogP contribution >= 0.6 is 0 Å². The second kappa shape index (κ2) is 52.3. The number of ether oxygens (including phenoxy) is 3. The van der Waals surface area contributed by atoms with Gasteiger partial charge < -0.3 is 45.1 Å². The molecule has 11 heteroatoms. The van der Waals surface area contributed by atoms with Gasteiger partial charge in [0.25, 0.3) is 0 Å². The highest BCUT2D eigenvalue weighted by molar-refractivity contribution is 5.80. The molecule has 0 radical (unpaired) electrons. The summed E-state index contributed by atoms with van der Waals surface area (Å²) in [6, 6.07) is -1.02. The number of nitrogens with one attached hydrogen (secondary N) is 1. The predicted molar refractivity (Wildman–Crippen MR) is 310 cm³/mol. The summed E-state index contributed by atoms with van der Waals surface area (Å²) in [5.41, 5.74) is 0. The number of hydrogen-bond acceptors (Lipinski definition) is 10. The Morgan fingerprint density at radius 1 is 0.533 bits per heavy atom. The quantitative estimate of drug-likeness (QED) is 0.0195. The number of amides is 1. The highest BCUT2D eigenvalue weighted by Gasteiger charge is 2.47. The number of esters is 1. The molecule has 438 valence electrons. The van der Waals surface area contributed by atoms with E-state index in [0.29, 0.717) is 19.3 Å². The molecule has 0 aromatic heterocycles. The van der Waals surface area contributed by atoms with Crippen LogP contribution in [-0.2, 0) is 23.8 Å². The lowest BCUT2D eigenvalue weighted by molar-refractivity contribution is -0.305. The van der Waals surface area contributed by atoms with E-state index in [1.165, 1.54) is 154 Å². The van der Waals surface area contributed by atoms with E-state index < -0.39 is 67.4 Å². The number of aliphatic hydroxyl groups is 5. The van der Waals surface area contributed by atoms with Gasteiger partial charge in [-0.05, 0) is 77.0 Å². The molecule has 1 aliphatic heterocycles. The Morgan fingerprint density at radius 3 is 1.44 bits per heavy atom. The molecule has 1 saturated heterocycles. The Morgan fingerprint density at radius 2 is 0.960 bits per heavy atom. The van der Waals surface area contributed by atoms with Crippen molar-refractivity contribution in [2.75, 3.05) is 13.2 Å². The summed E-state index contributed by atoms with van der Waals surface area (Å²) in [6.45, 7) is 5.69. The SMILES string of the molecule is CC/C=C/C/C=C/CCCCCCCCCC(=O)OC1C(OCC(NC(=O)C(O)CCCCCCCCCCCC/C=C/CCCCCCCC)C(O)/C=C/CCCCCCCCCCCC)OC(CO)C(O)C1O. The van der Waals surface area contributed by atoms with Crippen LogP contribution in [0.3, 0.4) is 0 Å². The summed E-state index contributed by atoms with van der Waals surface area (Å²) in [5.74, 6) is -1.20. The van der Waals surface area contributed by atoms with Crippen molar-refractivity contribution in [1.29, 1.82) is 0 Å². The average Bonchev–Trinajstić information content (AvgIpc) is 3.41. The Kier molecular flexibility index (Phi) is 49.3. The van der Waals surface area contributed by atoms with Crippen LogP contribution in [0.1, 0.15) is 284 Å². The highest BCUT2D eigenvalue weighted by Crippen LogP contribution is 2.26. The maximum Gasteiger partial charge on any atom is 0.306 e. The monoisotopic (exact) mass is 1060 g/mol. The molecule has 0 spiro atoms. The summed E-state index contributed by atoms with van der Waals surface area (Å²) >= 11 is 0. The van der Waals surface area contributed by atoms with Crippen LogP contribution < -0.4 is 5.32 Å². The van der Waals surface area contributed by atoms with Crippen molar-refractivity contribution in [2.45, 2.75) is 333 Å². The molecule has 1 fully saturated rings. The van der Waals surface area contributed by atoms with Crippen molar-refractivity contribution in [1.82, 2.24) is 5.32 Å². The first kappa shape index (κ1) is 70.6. The van der Waals surface area contributed by atoms with Crippen LogP contribution in [-0.4, -0.2) is 99.6 Å². The highest BCUT2D eigenvalue weighted by atomic mass is 16.7. The fraction of sp³-hybridized carbons (Fsp3) is 0.844. The third-order valence-corrected chi connectivity index (χ3v) is 14.7. The molecule has 11 nitrogen and oxygen atoms in total. The molecule has 6 N–H and O–H groups in total. The van der Waals surface area contributed by atoms with E-state index in [1.54, 1.807) is 6.08 Å². The Balaban J connectivity index is 2.66. The lowest BCUT2D eigenvalue weighted by Gasteiger charge is -2.41. The standard InChI is InChI=1S/C64H117NO10/c1-4-7-10-13-16-19-22-25-27-28-29-30-31-32-33-36-39-42-45-48-51-57(68)63(72)65-55(56(67)50-47-44-41-38-35-24-21-18-15-12-9-6-3)54-73-64-62(61(71)60(70)58(53-66)74-64)75-59(69)52-49-46-43-40-37-34-26-23-20-17-14-11-8-5-2/h8,11,17,20,25,27,47,50,55-58,60-62,64,66-68,70-71H,4-7,9-10,12-16,18-19,21-24,26,28-46,48-49,51-54H2,1-3H3,(H,65,72)/b11-8+,20-17+,27-25+,50-47+. The Hall–Kier alpha value is -2.38. The van der Waals surface area contributed by atoms with Gasteiger partial charge in [-0.1, -0.05) is 249 Å². The number of unbranched alkanes of at least 4 members (excludes halogenated alkanes) is 33. The van der Waals surface area contributed by atoms with E-state index in [2.05, 4.69) is 62.5 Å². The molecule has 1 amide bonds. The van der Waals surface area contributed by atoms with Crippen LogP contribution in [0.5, 0.6) is 0 Å². The Bertz CT molecular complexity index is 1400. The third kappa shape index (κ3) is 40.5. The maximum absolute atomic E-state index is 13.4. The van der Waals surface area contributed by atoms with Crippen molar-refractivity contribution in [3.8, 4) is 0 Å². The molecule has 0 aromatic carbocycles. The smallest absolute Gasteiger partial charge is 0.306 e. The zero-order chi connectivity index (χ0) is 54.7. The van der Waals surface area contributed by atoms with Gasteiger partial charge in [0.1, 0.15) is 24.4 Å². The molecule has 0 saturated carbocycles. The number of rotatable bonds is 53. The second-order valence-electron chi connectivity index (χ2n) is 21.8. The molecular weight excluding hydrogens is 943 g/mol. The van der Waals surface area contributed by atoms with Gasteiger partial charge in [0.05, 0.1) is 25.4 Å². The van der Waals surface area contributed by atoms with Gasteiger partial charge in [-0.15, -0.1) is 0 Å². The molecule has 0 aromatic rings. The summed E-state index contributed by atoms with van der Waals surface area (Å²) in [4.78, 5) is 26.5. The molecule has 1 rings (SSSR count). The maximum atomic E-state index is 13.4. The number of carbonyl (C=O) groups is 2. The van der Waals surface area contributed by atoms with Gasteiger partial charge in [0.2, 0.25) is 5.91 Å². The van der Waals surface area contributed by atoms with Crippen LogP contribution in [0.4, 0.5) is 0 Å². The van der Waals surface area contributed by atoms with E-state index in [9.17, 15) is 35.1 Å². The zero-order valence-corrected chi connectivity index (χ0v) is 48.4. The number of hydrogen-bond donors (Lipinski definition) is 6. The molecule has 8 atom stereocenters. The van der Waals surface area contributed by atoms with Crippen LogP contribution in [0.15, 0.2) is 48.6 Å². The van der Waals surface area contributed by atoms with Gasteiger partial charge in [0, 0.05) is 6.42 Å². The summed E-state index contributed by atoms with van der Waals surface area (Å²) in [7, 11) is 0. The number of allylic oxidation sites excluding steroid dienone is 7. The molecule has 1 heterocycles. The third-order valence-electron chi connectivity index (χ3n) is 14.7. The van der Waals surface area contributed by atoms with Crippen LogP contribution in [0.25, 0.3) is 0 Å².